The monoisotopic (exact) mass is 444 g/mol. The van der Waals surface area contributed by atoms with E-state index in [2.05, 4.69) is 4.74 Å². The van der Waals surface area contributed by atoms with Crippen molar-refractivity contribution in [3.05, 3.63) is 53.6 Å². The molecule has 2 atom stereocenters. The molecule has 3 rings (SSSR count). The van der Waals surface area contributed by atoms with Gasteiger partial charge in [0.15, 0.2) is 18.3 Å². The minimum absolute atomic E-state index is 0.0855. The second kappa shape index (κ2) is 11.1. The molecule has 2 unspecified atom stereocenters. The molecule has 0 aromatic heterocycles. The highest BCUT2D eigenvalue weighted by atomic mass is 16.7. The summed E-state index contributed by atoms with van der Waals surface area (Å²) in [4.78, 5) is 36.4. The highest BCUT2D eigenvalue weighted by molar-refractivity contribution is 5.85. The second-order valence-electron chi connectivity index (χ2n) is 6.73. The van der Waals surface area contributed by atoms with Crippen molar-refractivity contribution < 1.29 is 42.8 Å². The van der Waals surface area contributed by atoms with Crippen LogP contribution in [0.1, 0.15) is 29.9 Å². The van der Waals surface area contributed by atoms with E-state index in [9.17, 15) is 14.4 Å². The average Bonchev–Trinajstić information content (AvgIpc) is 3.28. The maximum Gasteiger partial charge on any atom is 0.331 e. The molecule has 0 aliphatic carbocycles. The Hall–Kier alpha value is -3.59. The fraction of sp³-hybridized carbons (Fsp3) is 0.348. The van der Waals surface area contributed by atoms with E-state index in [-0.39, 0.29) is 26.8 Å². The number of esters is 2. The van der Waals surface area contributed by atoms with Gasteiger partial charge in [-0.05, 0) is 30.7 Å². The number of hydrogen-bond acceptors (Lipinski definition) is 9. The lowest BCUT2D eigenvalue weighted by Crippen LogP contribution is -2.24. The third-order valence-corrected chi connectivity index (χ3v) is 4.83. The Morgan fingerprint density at radius 1 is 1.12 bits per heavy atom. The van der Waals surface area contributed by atoms with Crippen molar-refractivity contribution in [1.29, 1.82) is 0 Å². The number of methoxy groups -OCH3 is 1. The van der Waals surface area contributed by atoms with E-state index >= 15 is 0 Å². The molecule has 1 aliphatic rings. The van der Waals surface area contributed by atoms with E-state index in [0.717, 1.165) is 0 Å². The van der Waals surface area contributed by atoms with Gasteiger partial charge in [0.1, 0.15) is 18.6 Å². The van der Waals surface area contributed by atoms with Crippen LogP contribution in [0.25, 0.3) is 0 Å². The lowest BCUT2D eigenvalue weighted by Gasteiger charge is -2.24. The lowest BCUT2D eigenvalue weighted by molar-refractivity contribution is -0.148. The number of carbonyl (C=O) groups excluding carboxylic acids is 3. The number of hydrogen-bond donors (Lipinski definition) is 0. The van der Waals surface area contributed by atoms with Crippen LogP contribution in [-0.4, -0.2) is 52.1 Å². The summed E-state index contributed by atoms with van der Waals surface area (Å²) < 4.78 is 31.3. The van der Waals surface area contributed by atoms with Crippen LogP contribution < -0.4 is 14.2 Å². The molecule has 2 aromatic rings. The number of benzene rings is 2. The Morgan fingerprint density at radius 3 is 2.66 bits per heavy atom. The fourth-order valence-corrected chi connectivity index (χ4v) is 3.34. The van der Waals surface area contributed by atoms with Crippen molar-refractivity contribution in [2.24, 2.45) is 0 Å². The molecule has 0 spiro atoms. The first kappa shape index (κ1) is 23.1. The summed E-state index contributed by atoms with van der Waals surface area (Å²) in [5.74, 6) is -1.57. The summed E-state index contributed by atoms with van der Waals surface area (Å²) in [6.07, 6.45) is 0.684. The smallest absolute Gasteiger partial charge is 0.331 e. The summed E-state index contributed by atoms with van der Waals surface area (Å²) in [7, 11) is 1.25. The van der Waals surface area contributed by atoms with Crippen LogP contribution in [0.15, 0.2) is 42.5 Å². The van der Waals surface area contributed by atoms with Gasteiger partial charge < -0.3 is 33.2 Å². The summed E-state index contributed by atoms with van der Waals surface area (Å²) in [5.41, 5.74) is 1.02. The molecule has 1 heterocycles. The van der Waals surface area contributed by atoms with Crippen molar-refractivity contribution in [2.75, 3.05) is 33.9 Å². The predicted molar refractivity (Wildman–Crippen MR) is 111 cm³/mol. The average molecular weight is 444 g/mol. The van der Waals surface area contributed by atoms with Crippen LogP contribution in [0.5, 0.6) is 17.2 Å². The van der Waals surface area contributed by atoms with Crippen molar-refractivity contribution in [3.8, 4) is 17.2 Å². The maximum absolute atomic E-state index is 12.9. The highest BCUT2D eigenvalue weighted by Gasteiger charge is 2.35. The molecule has 0 N–H and O–H groups in total. The van der Waals surface area contributed by atoms with E-state index < -0.39 is 23.8 Å². The molecule has 0 amide bonds. The van der Waals surface area contributed by atoms with Crippen LogP contribution in [0.2, 0.25) is 0 Å². The zero-order chi connectivity index (χ0) is 22.9. The van der Waals surface area contributed by atoms with Gasteiger partial charge in [0.05, 0.1) is 25.6 Å². The third-order valence-electron chi connectivity index (χ3n) is 4.83. The number of para-hydroxylation sites is 1. The number of aldehydes is 1. The Morgan fingerprint density at radius 2 is 1.91 bits per heavy atom. The van der Waals surface area contributed by atoms with Crippen LogP contribution in [0.3, 0.4) is 0 Å². The van der Waals surface area contributed by atoms with Crippen molar-refractivity contribution in [2.45, 2.75) is 18.8 Å². The molecule has 32 heavy (non-hydrogen) atoms. The molecule has 0 bridgehead atoms. The zero-order valence-electron chi connectivity index (χ0n) is 17.8. The molecule has 0 saturated heterocycles. The van der Waals surface area contributed by atoms with Gasteiger partial charge in [-0.3, -0.25) is 4.79 Å². The molecular formula is C23H24O9. The quantitative estimate of drug-likeness (QED) is 0.224. The fourth-order valence-electron chi connectivity index (χ4n) is 3.34. The molecule has 1 aliphatic heterocycles. The van der Waals surface area contributed by atoms with Crippen LogP contribution in [-0.2, 0) is 28.6 Å². The molecular weight excluding hydrogens is 420 g/mol. The number of fused-ring (bicyclic) bond motifs is 1. The van der Waals surface area contributed by atoms with Gasteiger partial charge in [0, 0.05) is 5.56 Å². The van der Waals surface area contributed by atoms with Gasteiger partial charge in [-0.1, -0.05) is 24.3 Å². The molecule has 170 valence electrons. The first-order valence-electron chi connectivity index (χ1n) is 9.96. The summed E-state index contributed by atoms with van der Waals surface area (Å²) >= 11 is 0. The second-order valence-corrected chi connectivity index (χ2v) is 6.73. The number of rotatable bonds is 11. The molecule has 9 nitrogen and oxygen atoms in total. The summed E-state index contributed by atoms with van der Waals surface area (Å²) in [5, 5.41) is 0. The Bertz CT molecular complexity index is 956. The zero-order valence-corrected chi connectivity index (χ0v) is 17.8. The first-order valence-corrected chi connectivity index (χ1v) is 9.96. The Labute approximate surface area is 185 Å². The summed E-state index contributed by atoms with van der Waals surface area (Å²) in [6, 6.07) is 11.9. The lowest BCUT2D eigenvalue weighted by atomic mass is 9.81. The van der Waals surface area contributed by atoms with E-state index in [1.54, 1.807) is 49.4 Å². The number of carbonyl (C=O) groups is 3. The maximum atomic E-state index is 12.9. The van der Waals surface area contributed by atoms with Crippen molar-refractivity contribution in [3.63, 3.8) is 0 Å². The van der Waals surface area contributed by atoms with Crippen LogP contribution in [0, 0.1) is 0 Å². The van der Waals surface area contributed by atoms with Gasteiger partial charge in [-0.2, -0.15) is 0 Å². The largest absolute Gasteiger partial charge is 0.467 e. The van der Waals surface area contributed by atoms with Gasteiger partial charge in [-0.25, -0.2) is 4.79 Å². The molecule has 0 fully saturated rings. The van der Waals surface area contributed by atoms with Crippen molar-refractivity contribution in [1.82, 2.24) is 0 Å². The first-order chi connectivity index (χ1) is 15.6. The Kier molecular flexibility index (Phi) is 8.04. The SMILES string of the molecule is CCOC(=O)C(c1ccc2c(c1)OCO2)C(C=O)c1ccccc1OCOCC(=O)OC. The highest BCUT2D eigenvalue weighted by Crippen LogP contribution is 2.41. The van der Waals surface area contributed by atoms with Gasteiger partial charge in [0.2, 0.25) is 6.79 Å². The van der Waals surface area contributed by atoms with Gasteiger partial charge in [0.25, 0.3) is 0 Å². The molecule has 2 aromatic carbocycles. The van der Waals surface area contributed by atoms with E-state index in [4.69, 9.17) is 23.7 Å². The van der Waals surface area contributed by atoms with E-state index in [1.165, 1.54) is 7.11 Å². The molecule has 0 saturated carbocycles. The van der Waals surface area contributed by atoms with E-state index in [0.29, 0.717) is 34.7 Å². The van der Waals surface area contributed by atoms with Gasteiger partial charge >= 0.3 is 11.9 Å². The summed E-state index contributed by atoms with van der Waals surface area (Å²) in [6.45, 7) is 1.41. The molecule has 0 radical (unpaired) electrons. The van der Waals surface area contributed by atoms with Crippen molar-refractivity contribution >= 4 is 18.2 Å². The Balaban J connectivity index is 1.90. The standard InChI is InChI=1S/C23H24O9/c1-3-29-23(26)22(15-8-9-19-20(10-15)32-14-31-19)17(11-24)16-6-4-5-7-18(16)30-13-28-12-21(25)27-2/h4-11,17,22H,3,12-14H2,1-2H3. The van der Waals surface area contributed by atoms with Gasteiger partial charge in [-0.15, -0.1) is 0 Å². The minimum Gasteiger partial charge on any atom is -0.467 e. The van der Waals surface area contributed by atoms with Crippen LogP contribution in [0.4, 0.5) is 0 Å². The van der Waals surface area contributed by atoms with Crippen LogP contribution >= 0.6 is 0 Å². The minimum atomic E-state index is -0.942. The normalized spacial score (nSPS) is 13.7. The molecule has 9 heteroatoms. The number of ether oxygens (including phenoxy) is 6. The van der Waals surface area contributed by atoms with E-state index in [1.807, 2.05) is 0 Å². The third kappa shape index (κ3) is 5.36. The topological polar surface area (TPSA) is 107 Å². The predicted octanol–water partition coefficient (Wildman–Crippen LogP) is 2.57.